The van der Waals surface area contributed by atoms with Crippen molar-refractivity contribution in [1.82, 2.24) is 0 Å². The summed E-state index contributed by atoms with van der Waals surface area (Å²) in [6.07, 6.45) is 2.45. The summed E-state index contributed by atoms with van der Waals surface area (Å²) in [5, 5.41) is 0. The van der Waals surface area contributed by atoms with E-state index in [1.54, 1.807) is 11.1 Å². The zero-order valence-electron chi connectivity index (χ0n) is 15.4. The van der Waals surface area contributed by atoms with Gasteiger partial charge in [0.15, 0.2) is 0 Å². The van der Waals surface area contributed by atoms with Crippen molar-refractivity contribution in [2.75, 3.05) is 22.9 Å². The van der Waals surface area contributed by atoms with Crippen molar-refractivity contribution in [1.29, 1.82) is 0 Å². The predicted octanol–water partition coefficient (Wildman–Crippen LogP) is 4.95. The normalized spacial score (nSPS) is 16.4. The molecular formula is C22H21F3N2O. The molecule has 0 bridgehead atoms. The van der Waals surface area contributed by atoms with Crippen LogP contribution < -0.4 is 9.80 Å². The Morgan fingerprint density at radius 2 is 1.71 bits per heavy atom. The minimum absolute atomic E-state index is 0.0518. The van der Waals surface area contributed by atoms with Gasteiger partial charge in [-0.05, 0) is 48.6 Å². The third-order valence-electron chi connectivity index (χ3n) is 5.28. The highest BCUT2D eigenvalue weighted by atomic mass is 19.4. The molecule has 2 aliphatic heterocycles. The van der Waals surface area contributed by atoms with Gasteiger partial charge in [-0.25, -0.2) is 0 Å². The fourth-order valence-electron chi connectivity index (χ4n) is 3.87. The van der Waals surface area contributed by atoms with E-state index < -0.39 is 11.7 Å². The Kier molecular flexibility index (Phi) is 4.87. The number of hydrogen-bond donors (Lipinski definition) is 0. The number of amides is 1. The van der Waals surface area contributed by atoms with E-state index in [9.17, 15) is 18.0 Å². The van der Waals surface area contributed by atoms with Gasteiger partial charge in [0.2, 0.25) is 5.91 Å². The van der Waals surface area contributed by atoms with Crippen molar-refractivity contribution in [2.45, 2.75) is 31.9 Å². The van der Waals surface area contributed by atoms with Crippen LogP contribution in [0.4, 0.5) is 24.5 Å². The molecule has 146 valence electrons. The van der Waals surface area contributed by atoms with E-state index in [1.807, 2.05) is 24.3 Å². The number of anilines is 2. The summed E-state index contributed by atoms with van der Waals surface area (Å²) < 4.78 is 38.2. The number of halogens is 3. The minimum atomic E-state index is -4.37. The van der Waals surface area contributed by atoms with E-state index in [0.717, 1.165) is 61.4 Å². The number of hydrogen-bond acceptors (Lipinski definition) is 2. The van der Waals surface area contributed by atoms with Crippen LogP contribution in [0.1, 0.15) is 29.5 Å². The second-order valence-electron chi connectivity index (χ2n) is 7.20. The molecule has 1 saturated heterocycles. The van der Waals surface area contributed by atoms with Gasteiger partial charge in [-0.2, -0.15) is 13.2 Å². The van der Waals surface area contributed by atoms with Crippen molar-refractivity contribution in [3.8, 4) is 0 Å². The molecule has 3 nitrogen and oxygen atoms in total. The molecule has 6 heteroatoms. The highest BCUT2D eigenvalue weighted by Gasteiger charge is 2.30. The molecule has 28 heavy (non-hydrogen) atoms. The maximum absolute atomic E-state index is 13.0. The standard InChI is InChI=1S/C22H21F3N2O/c23-22(24,25)18-10-8-16(9-11-18)15-20(28)27-14-4-6-17-5-3-7-19(21(17)27)26-12-1-2-13-26/h3-5,7-11,14H,1-2,6,12-13,15H2. The lowest BCUT2D eigenvalue weighted by Gasteiger charge is -2.31. The Labute approximate surface area is 162 Å². The molecule has 2 heterocycles. The average Bonchev–Trinajstić information content (AvgIpc) is 3.21. The molecule has 2 aromatic rings. The lowest BCUT2D eigenvalue weighted by atomic mass is 10.0. The fraction of sp³-hybridized carbons (Fsp3) is 0.318. The Morgan fingerprint density at radius 3 is 2.39 bits per heavy atom. The van der Waals surface area contributed by atoms with Crippen LogP contribution >= 0.6 is 0 Å². The Morgan fingerprint density at radius 1 is 1.00 bits per heavy atom. The molecule has 0 spiro atoms. The van der Waals surface area contributed by atoms with E-state index in [2.05, 4.69) is 4.90 Å². The first-order chi connectivity index (χ1) is 13.4. The molecule has 0 atom stereocenters. The Balaban J connectivity index is 1.59. The summed E-state index contributed by atoms with van der Waals surface area (Å²) in [6, 6.07) is 10.9. The van der Waals surface area contributed by atoms with E-state index in [4.69, 9.17) is 0 Å². The fourth-order valence-corrected chi connectivity index (χ4v) is 3.87. The number of rotatable bonds is 3. The van der Waals surface area contributed by atoms with Gasteiger partial charge in [0.05, 0.1) is 23.4 Å². The first-order valence-corrected chi connectivity index (χ1v) is 9.45. The number of benzene rings is 2. The molecular weight excluding hydrogens is 365 g/mol. The molecule has 2 aromatic carbocycles. The zero-order valence-corrected chi connectivity index (χ0v) is 15.4. The van der Waals surface area contributed by atoms with Crippen molar-refractivity contribution in [2.24, 2.45) is 0 Å². The van der Waals surface area contributed by atoms with Gasteiger partial charge in [-0.3, -0.25) is 9.69 Å². The topological polar surface area (TPSA) is 23.6 Å². The first kappa shape index (κ1) is 18.6. The van der Waals surface area contributed by atoms with E-state index >= 15 is 0 Å². The molecule has 0 unspecified atom stereocenters. The van der Waals surface area contributed by atoms with Gasteiger partial charge in [0.25, 0.3) is 0 Å². The van der Waals surface area contributed by atoms with E-state index in [1.165, 1.54) is 12.1 Å². The maximum atomic E-state index is 13.0. The molecule has 0 N–H and O–H groups in total. The van der Waals surface area contributed by atoms with Crippen molar-refractivity contribution < 1.29 is 18.0 Å². The van der Waals surface area contributed by atoms with Crippen LogP contribution in [0.25, 0.3) is 0 Å². The van der Waals surface area contributed by atoms with Crippen LogP contribution in [0.15, 0.2) is 54.7 Å². The van der Waals surface area contributed by atoms with Gasteiger partial charge in [0, 0.05) is 19.3 Å². The van der Waals surface area contributed by atoms with Gasteiger partial charge in [-0.1, -0.05) is 30.3 Å². The summed E-state index contributed by atoms with van der Waals surface area (Å²) in [6.45, 7) is 1.95. The maximum Gasteiger partial charge on any atom is 0.416 e. The van der Waals surface area contributed by atoms with Crippen LogP contribution in [0.2, 0.25) is 0 Å². The number of allylic oxidation sites excluding steroid dienone is 1. The molecule has 0 saturated carbocycles. The highest BCUT2D eigenvalue weighted by Crippen LogP contribution is 2.38. The molecule has 0 aliphatic carbocycles. The van der Waals surface area contributed by atoms with Gasteiger partial charge in [0.1, 0.15) is 0 Å². The summed E-state index contributed by atoms with van der Waals surface area (Å²) >= 11 is 0. The lowest BCUT2D eigenvalue weighted by Crippen LogP contribution is -2.32. The van der Waals surface area contributed by atoms with Crippen molar-refractivity contribution >= 4 is 17.3 Å². The quantitative estimate of drug-likeness (QED) is 0.745. The number of fused-ring (bicyclic) bond motifs is 1. The third kappa shape index (κ3) is 3.63. The van der Waals surface area contributed by atoms with Crippen LogP contribution in [0, 0.1) is 0 Å². The first-order valence-electron chi connectivity index (χ1n) is 9.45. The van der Waals surface area contributed by atoms with Crippen LogP contribution in [-0.2, 0) is 23.8 Å². The minimum Gasteiger partial charge on any atom is -0.370 e. The van der Waals surface area contributed by atoms with Gasteiger partial charge >= 0.3 is 6.18 Å². The summed E-state index contributed by atoms with van der Waals surface area (Å²) in [7, 11) is 0. The van der Waals surface area contributed by atoms with Crippen LogP contribution in [0.5, 0.6) is 0 Å². The SMILES string of the molecule is O=C(Cc1ccc(C(F)(F)F)cc1)N1C=CCc2cccc(N3CCCC3)c21. The van der Waals surface area contributed by atoms with Gasteiger partial charge in [-0.15, -0.1) is 0 Å². The third-order valence-corrected chi connectivity index (χ3v) is 5.28. The molecule has 0 radical (unpaired) electrons. The van der Waals surface area contributed by atoms with E-state index in [-0.39, 0.29) is 12.3 Å². The second-order valence-corrected chi connectivity index (χ2v) is 7.20. The number of para-hydroxylation sites is 1. The number of nitrogens with zero attached hydrogens (tertiary/aromatic N) is 2. The van der Waals surface area contributed by atoms with Crippen molar-refractivity contribution in [3.63, 3.8) is 0 Å². The summed E-state index contributed by atoms with van der Waals surface area (Å²) in [4.78, 5) is 17.0. The molecule has 1 fully saturated rings. The van der Waals surface area contributed by atoms with E-state index in [0.29, 0.717) is 5.56 Å². The Hall–Kier alpha value is -2.76. The lowest BCUT2D eigenvalue weighted by molar-refractivity contribution is -0.137. The predicted molar refractivity (Wildman–Crippen MR) is 103 cm³/mol. The molecule has 2 aliphatic rings. The smallest absolute Gasteiger partial charge is 0.370 e. The second kappa shape index (κ2) is 7.34. The Bertz CT molecular complexity index is 897. The van der Waals surface area contributed by atoms with Crippen molar-refractivity contribution in [3.05, 3.63) is 71.4 Å². The summed E-state index contributed by atoms with van der Waals surface area (Å²) in [5.74, 6) is -0.149. The molecule has 4 rings (SSSR count). The highest BCUT2D eigenvalue weighted by molar-refractivity contribution is 6.01. The molecule has 0 aromatic heterocycles. The number of carbonyl (C=O) groups is 1. The largest absolute Gasteiger partial charge is 0.416 e. The monoisotopic (exact) mass is 386 g/mol. The van der Waals surface area contributed by atoms with Gasteiger partial charge < -0.3 is 4.90 Å². The van der Waals surface area contributed by atoms with Crippen LogP contribution in [0.3, 0.4) is 0 Å². The number of carbonyl (C=O) groups excluding carboxylic acids is 1. The zero-order chi connectivity index (χ0) is 19.7. The summed E-state index contributed by atoms with van der Waals surface area (Å²) in [5.41, 5.74) is 2.91. The van der Waals surface area contributed by atoms with Crippen LogP contribution in [-0.4, -0.2) is 19.0 Å². The average molecular weight is 386 g/mol. The number of alkyl halides is 3. The molecule has 1 amide bonds.